The van der Waals surface area contributed by atoms with Gasteiger partial charge in [-0.1, -0.05) is 27.5 Å². The smallest absolute Gasteiger partial charge is 0.335 e. The molecule has 0 bridgehead atoms. The zero-order valence-corrected chi connectivity index (χ0v) is 15.6. The van der Waals surface area contributed by atoms with Gasteiger partial charge < -0.3 is 19.9 Å². The number of aromatic carboxylic acids is 1. The first-order valence-electron chi connectivity index (χ1n) is 7.22. The topological polar surface area (TPSA) is 67.8 Å². The lowest BCUT2D eigenvalue weighted by molar-refractivity contribution is 0.0697. The first-order chi connectivity index (χ1) is 11.5. The Bertz CT molecular complexity index is 752. The Morgan fingerprint density at radius 1 is 1.29 bits per heavy atom. The fourth-order valence-electron chi connectivity index (χ4n) is 2.12. The van der Waals surface area contributed by atoms with Crippen LogP contribution < -0.4 is 14.8 Å². The Morgan fingerprint density at radius 2 is 2.04 bits per heavy atom. The molecule has 2 aromatic rings. The molecule has 0 saturated heterocycles. The van der Waals surface area contributed by atoms with Crippen molar-refractivity contribution in [2.45, 2.75) is 13.5 Å². The van der Waals surface area contributed by atoms with Gasteiger partial charge >= 0.3 is 5.97 Å². The van der Waals surface area contributed by atoms with Crippen LogP contribution in [0.25, 0.3) is 0 Å². The number of carboxylic acid groups (broad SMARTS) is 1. The molecule has 0 unspecified atom stereocenters. The van der Waals surface area contributed by atoms with E-state index < -0.39 is 5.97 Å². The van der Waals surface area contributed by atoms with E-state index in [0.29, 0.717) is 35.4 Å². The number of carbonyl (C=O) groups is 1. The summed E-state index contributed by atoms with van der Waals surface area (Å²) in [6.45, 7) is 2.86. The number of benzene rings is 2. The maximum atomic E-state index is 11.1. The van der Waals surface area contributed by atoms with Crippen LogP contribution in [0, 0.1) is 0 Å². The van der Waals surface area contributed by atoms with E-state index in [1.165, 1.54) is 12.1 Å². The lowest BCUT2D eigenvalue weighted by Crippen LogP contribution is -2.04. The molecule has 0 radical (unpaired) electrons. The van der Waals surface area contributed by atoms with E-state index in [1.807, 2.05) is 19.1 Å². The molecular formula is C17H17BrClNO4. The van der Waals surface area contributed by atoms with E-state index in [1.54, 1.807) is 13.2 Å². The fraction of sp³-hybridized carbons (Fsp3) is 0.235. The highest BCUT2D eigenvalue weighted by molar-refractivity contribution is 9.10. The third-order valence-corrected chi connectivity index (χ3v) is 4.38. The zero-order chi connectivity index (χ0) is 17.7. The standard InChI is InChI=1S/C17H17BrClNO4/c1-3-24-16-7-11(12(18)8-15(16)23-2)9-20-14-6-10(17(21)22)4-5-13(14)19/h4-8,20H,3,9H2,1-2H3,(H,21,22). The molecule has 2 N–H and O–H groups in total. The van der Waals surface area contributed by atoms with Crippen LogP contribution >= 0.6 is 27.5 Å². The zero-order valence-electron chi connectivity index (χ0n) is 13.2. The van der Waals surface area contributed by atoms with Crippen molar-refractivity contribution < 1.29 is 19.4 Å². The van der Waals surface area contributed by atoms with Crippen LogP contribution in [0.1, 0.15) is 22.8 Å². The number of rotatable bonds is 7. The number of halogens is 2. The monoisotopic (exact) mass is 413 g/mol. The van der Waals surface area contributed by atoms with Gasteiger partial charge in [-0.05, 0) is 42.8 Å². The molecule has 5 nitrogen and oxygen atoms in total. The third-order valence-electron chi connectivity index (χ3n) is 3.32. The highest BCUT2D eigenvalue weighted by Gasteiger charge is 2.12. The van der Waals surface area contributed by atoms with Crippen molar-refractivity contribution >= 4 is 39.2 Å². The first kappa shape index (κ1) is 18.4. The number of hydrogen-bond acceptors (Lipinski definition) is 4. The van der Waals surface area contributed by atoms with Crippen LogP contribution in [0.5, 0.6) is 11.5 Å². The summed E-state index contributed by atoms with van der Waals surface area (Å²) in [5.74, 6) is 0.280. The van der Waals surface area contributed by atoms with Crippen LogP contribution in [-0.4, -0.2) is 24.8 Å². The number of carboxylic acids is 1. The van der Waals surface area contributed by atoms with Crippen molar-refractivity contribution in [1.82, 2.24) is 0 Å². The molecule has 0 spiro atoms. The first-order valence-corrected chi connectivity index (χ1v) is 8.39. The minimum atomic E-state index is -1.00. The summed E-state index contributed by atoms with van der Waals surface area (Å²) in [6.07, 6.45) is 0. The van der Waals surface area contributed by atoms with Crippen molar-refractivity contribution in [3.63, 3.8) is 0 Å². The van der Waals surface area contributed by atoms with E-state index >= 15 is 0 Å². The number of hydrogen-bond donors (Lipinski definition) is 2. The van der Waals surface area contributed by atoms with E-state index in [4.69, 9.17) is 26.2 Å². The Hall–Kier alpha value is -1.92. The quantitative estimate of drug-likeness (QED) is 0.680. The molecular weight excluding hydrogens is 398 g/mol. The molecule has 2 aromatic carbocycles. The van der Waals surface area contributed by atoms with Crippen LogP contribution in [-0.2, 0) is 6.54 Å². The lowest BCUT2D eigenvalue weighted by atomic mass is 10.1. The van der Waals surface area contributed by atoms with Gasteiger partial charge in [0.15, 0.2) is 11.5 Å². The maximum absolute atomic E-state index is 11.1. The van der Waals surface area contributed by atoms with Gasteiger partial charge in [-0.25, -0.2) is 4.79 Å². The van der Waals surface area contributed by atoms with Crippen molar-refractivity contribution in [2.24, 2.45) is 0 Å². The third kappa shape index (κ3) is 4.33. The van der Waals surface area contributed by atoms with Gasteiger partial charge in [0.1, 0.15) is 0 Å². The molecule has 0 amide bonds. The molecule has 0 heterocycles. The summed E-state index contributed by atoms with van der Waals surface area (Å²) in [5, 5.41) is 12.7. The molecule has 0 aliphatic carbocycles. The molecule has 0 aromatic heterocycles. The normalized spacial score (nSPS) is 10.3. The second-order valence-corrected chi connectivity index (χ2v) is 6.14. The maximum Gasteiger partial charge on any atom is 0.335 e. The largest absolute Gasteiger partial charge is 0.493 e. The summed E-state index contributed by atoms with van der Waals surface area (Å²) in [7, 11) is 1.58. The SMILES string of the molecule is CCOc1cc(CNc2cc(C(=O)O)ccc2Cl)c(Br)cc1OC. The summed E-state index contributed by atoms with van der Waals surface area (Å²) in [6, 6.07) is 8.23. The minimum Gasteiger partial charge on any atom is -0.493 e. The Balaban J connectivity index is 2.24. The minimum absolute atomic E-state index is 0.172. The van der Waals surface area contributed by atoms with Crippen molar-refractivity contribution in [3.8, 4) is 11.5 Å². The predicted molar refractivity (Wildman–Crippen MR) is 97.6 cm³/mol. The Labute approximate surface area is 153 Å². The van der Waals surface area contributed by atoms with E-state index in [9.17, 15) is 4.79 Å². The van der Waals surface area contributed by atoms with Crippen LogP contribution in [0.4, 0.5) is 5.69 Å². The molecule has 0 fully saturated rings. The molecule has 0 atom stereocenters. The molecule has 0 aliphatic rings. The number of anilines is 1. The van der Waals surface area contributed by atoms with Crippen molar-refractivity contribution in [1.29, 1.82) is 0 Å². The van der Waals surface area contributed by atoms with Crippen LogP contribution in [0.3, 0.4) is 0 Å². The molecule has 7 heteroatoms. The molecule has 2 rings (SSSR count). The summed E-state index contributed by atoms with van der Waals surface area (Å²) in [4.78, 5) is 11.1. The van der Waals surface area contributed by atoms with Crippen molar-refractivity contribution in [3.05, 3.63) is 51.0 Å². The number of methoxy groups -OCH3 is 1. The van der Waals surface area contributed by atoms with Gasteiger partial charge in [-0.15, -0.1) is 0 Å². The average Bonchev–Trinajstić information content (AvgIpc) is 2.56. The summed E-state index contributed by atoms with van der Waals surface area (Å²) < 4.78 is 11.7. The fourth-order valence-corrected chi connectivity index (χ4v) is 2.77. The molecule has 24 heavy (non-hydrogen) atoms. The van der Waals surface area contributed by atoms with E-state index in [2.05, 4.69) is 21.2 Å². The highest BCUT2D eigenvalue weighted by atomic mass is 79.9. The second kappa shape index (κ2) is 8.26. The van der Waals surface area contributed by atoms with Crippen LogP contribution in [0.2, 0.25) is 5.02 Å². The second-order valence-electron chi connectivity index (χ2n) is 4.88. The Morgan fingerprint density at radius 3 is 2.67 bits per heavy atom. The Kier molecular flexibility index (Phi) is 6.34. The van der Waals surface area contributed by atoms with Crippen LogP contribution in [0.15, 0.2) is 34.8 Å². The number of nitrogens with one attached hydrogen (secondary N) is 1. The predicted octanol–water partition coefficient (Wildman–Crippen LogP) is 4.82. The average molecular weight is 415 g/mol. The number of ether oxygens (including phenoxy) is 2. The van der Waals surface area contributed by atoms with Gasteiger partial charge in [-0.2, -0.15) is 0 Å². The summed E-state index contributed by atoms with van der Waals surface area (Å²) in [5.41, 5.74) is 1.65. The van der Waals surface area contributed by atoms with Gasteiger partial charge in [0.2, 0.25) is 0 Å². The summed E-state index contributed by atoms with van der Waals surface area (Å²) >= 11 is 9.62. The van der Waals surface area contributed by atoms with Crippen molar-refractivity contribution in [2.75, 3.05) is 19.0 Å². The van der Waals surface area contributed by atoms with E-state index in [0.717, 1.165) is 10.0 Å². The van der Waals surface area contributed by atoms with E-state index in [-0.39, 0.29) is 5.56 Å². The van der Waals surface area contributed by atoms with Gasteiger partial charge in [0.25, 0.3) is 0 Å². The van der Waals surface area contributed by atoms with Gasteiger partial charge in [0.05, 0.1) is 30.0 Å². The molecule has 128 valence electrons. The van der Waals surface area contributed by atoms with Gasteiger partial charge in [0, 0.05) is 11.0 Å². The highest BCUT2D eigenvalue weighted by Crippen LogP contribution is 2.34. The lowest BCUT2D eigenvalue weighted by Gasteiger charge is -2.15. The molecule has 0 saturated carbocycles. The molecule has 0 aliphatic heterocycles. The van der Waals surface area contributed by atoms with Gasteiger partial charge in [-0.3, -0.25) is 0 Å².